The van der Waals surface area contributed by atoms with E-state index in [9.17, 15) is 0 Å². The van der Waals surface area contributed by atoms with Crippen LogP contribution in [0.3, 0.4) is 0 Å². The first-order chi connectivity index (χ1) is 34.7. The average molecular weight is 891 g/mol. The van der Waals surface area contributed by atoms with E-state index in [1.807, 2.05) is 0 Å². The molecule has 0 amide bonds. The lowest BCUT2D eigenvalue weighted by molar-refractivity contribution is 0.628. The van der Waals surface area contributed by atoms with Gasteiger partial charge in [-0.05, 0) is 133 Å². The van der Waals surface area contributed by atoms with E-state index in [1.54, 1.807) is 0 Å². The normalized spacial score (nSPS) is 14.3. The fourth-order valence-corrected chi connectivity index (χ4v) is 12.3. The van der Waals surface area contributed by atoms with Gasteiger partial charge < -0.3 is 14.2 Å². The van der Waals surface area contributed by atoms with Gasteiger partial charge in [0.25, 0.3) is 0 Å². The summed E-state index contributed by atoms with van der Waals surface area (Å²) in [5.74, 6) is 0.929. The Labute approximate surface area is 405 Å². The third kappa shape index (κ3) is 5.40. The topological polar surface area (TPSA) is 19.6 Å². The van der Waals surface area contributed by atoms with Gasteiger partial charge in [-0.25, -0.2) is 0 Å². The summed E-state index contributed by atoms with van der Waals surface area (Å²) in [6, 6.07) is 93.6. The van der Waals surface area contributed by atoms with Crippen LogP contribution in [0.4, 0.5) is 34.1 Å². The lowest BCUT2D eigenvalue weighted by Crippen LogP contribution is -2.26. The number of nitrogens with zero attached hydrogens (tertiary/aromatic N) is 2. The van der Waals surface area contributed by atoms with E-state index in [2.05, 4.69) is 265 Å². The number of rotatable bonds is 6. The zero-order valence-electron chi connectivity index (χ0n) is 38.1. The predicted molar refractivity (Wildman–Crippen MR) is 292 cm³/mol. The molecule has 13 aromatic rings. The first-order valence-corrected chi connectivity index (χ1v) is 24.2. The molecule has 70 heavy (non-hydrogen) atoms. The molecule has 2 aliphatic carbocycles. The molecule has 1 heterocycles. The van der Waals surface area contributed by atoms with Crippen LogP contribution in [0.25, 0.3) is 76.5 Å². The molecule has 3 heteroatoms. The highest BCUT2D eigenvalue weighted by molar-refractivity contribution is 6.16. The molecule has 326 valence electrons. The summed E-state index contributed by atoms with van der Waals surface area (Å²) in [6.45, 7) is 0. The van der Waals surface area contributed by atoms with Crippen LogP contribution in [0.1, 0.15) is 22.3 Å². The van der Waals surface area contributed by atoms with Crippen molar-refractivity contribution in [3.05, 3.63) is 277 Å². The molecular formula is C67H42N2O. The van der Waals surface area contributed by atoms with Crippen molar-refractivity contribution < 1.29 is 4.42 Å². The van der Waals surface area contributed by atoms with E-state index in [0.717, 1.165) is 56.4 Å². The quantitative estimate of drug-likeness (QED) is 0.155. The highest BCUT2D eigenvalue weighted by Crippen LogP contribution is 2.66. The standard InChI is InChI=1S/C67H42N2O/c1-3-21-45(22-4-1)68(62-39-43-19-7-9-25-49(43)51-27-11-13-30-55(51)62)47-35-37-54-53-29-15-17-33-59(53)67(60(54)41-47)61-42-48(36-38-57(61)66-65(67)58-32-16-18-34-64(58)70-66)69(46-23-5-2-6-24-46)63-40-44-20-8-10-26-50(44)52-28-12-14-31-56(52)63/h1-42H. The van der Waals surface area contributed by atoms with Gasteiger partial charge in [0, 0.05) is 50.0 Å². The zero-order valence-corrected chi connectivity index (χ0v) is 38.1. The molecule has 1 aromatic heterocycles. The van der Waals surface area contributed by atoms with Gasteiger partial charge in [-0.15, -0.1) is 0 Å². The van der Waals surface area contributed by atoms with Crippen LogP contribution in [0.5, 0.6) is 0 Å². The van der Waals surface area contributed by atoms with Crippen LogP contribution in [0.15, 0.2) is 259 Å². The largest absolute Gasteiger partial charge is 0.456 e. The highest BCUT2D eigenvalue weighted by atomic mass is 16.3. The van der Waals surface area contributed by atoms with Crippen LogP contribution >= 0.6 is 0 Å². The van der Waals surface area contributed by atoms with Crippen LogP contribution in [-0.4, -0.2) is 0 Å². The summed E-state index contributed by atoms with van der Waals surface area (Å²) in [5, 5.41) is 10.9. The fraction of sp³-hybridized carbons (Fsp3) is 0.0149. The highest BCUT2D eigenvalue weighted by Gasteiger charge is 2.55. The van der Waals surface area contributed by atoms with Gasteiger partial charge in [0.15, 0.2) is 0 Å². The maximum absolute atomic E-state index is 7.11. The molecule has 0 bridgehead atoms. The second kappa shape index (κ2) is 14.9. The Morgan fingerprint density at radius 3 is 1.30 bits per heavy atom. The monoisotopic (exact) mass is 890 g/mol. The second-order valence-corrected chi connectivity index (χ2v) is 18.7. The van der Waals surface area contributed by atoms with Gasteiger partial charge in [-0.1, -0.05) is 182 Å². The van der Waals surface area contributed by atoms with Crippen molar-refractivity contribution in [2.75, 3.05) is 9.80 Å². The minimum Gasteiger partial charge on any atom is -0.456 e. The average Bonchev–Trinajstić information content (AvgIpc) is 4.05. The number of para-hydroxylation sites is 3. The smallest absolute Gasteiger partial charge is 0.140 e. The third-order valence-electron chi connectivity index (χ3n) is 15.2. The minimum absolute atomic E-state index is 0.725. The molecule has 0 fully saturated rings. The van der Waals surface area contributed by atoms with Gasteiger partial charge in [-0.2, -0.15) is 0 Å². The predicted octanol–water partition coefficient (Wildman–Crippen LogP) is 18.3. The summed E-state index contributed by atoms with van der Waals surface area (Å²) >= 11 is 0. The molecule has 2 aliphatic rings. The summed E-state index contributed by atoms with van der Waals surface area (Å²) in [7, 11) is 0. The Morgan fingerprint density at radius 1 is 0.286 bits per heavy atom. The van der Waals surface area contributed by atoms with E-state index < -0.39 is 5.41 Å². The van der Waals surface area contributed by atoms with Gasteiger partial charge in [0.05, 0.1) is 16.8 Å². The molecule has 1 unspecified atom stereocenters. The van der Waals surface area contributed by atoms with Gasteiger partial charge in [0.2, 0.25) is 0 Å². The van der Waals surface area contributed by atoms with Crippen molar-refractivity contribution in [2.45, 2.75) is 5.41 Å². The van der Waals surface area contributed by atoms with Crippen LogP contribution in [-0.2, 0) is 5.41 Å². The molecule has 0 N–H and O–H groups in total. The van der Waals surface area contributed by atoms with Gasteiger partial charge >= 0.3 is 0 Å². The number of furan rings is 1. The maximum Gasteiger partial charge on any atom is 0.140 e. The Hall–Kier alpha value is -9.18. The molecule has 0 saturated heterocycles. The van der Waals surface area contributed by atoms with Crippen molar-refractivity contribution in [3.8, 4) is 22.5 Å². The number of hydrogen-bond acceptors (Lipinski definition) is 3. The van der Waals surface area contributed by atoms with Gasteiger partial charge in [-0.3, -0.25) is 0 Å². The van der Waals surface area contributed by atoms with E-state index in [4.69, 9.17) is 4.42 Å². The molecule has 1 atom stereocenters. The van der Waals surface area contributed by atoms with Crippen molar-refractivity contribution in [1.82, 2.24) is 0 Å². The Morgan fingerprint density at radius 2 is 0.714 bits per heavy atom. The van der Waals surface area contributed by atoms with Crippen molar-refractivity contribution >= 4 is 88.2 Å². The van der Waals surface area contributed by atoms with Crippen LogP contribution < -0.4 is 9.80 Å². The molecule has 3 nitrogen and oxygen atoms in total. The molecule has 0 aliphatic heterocycles. The van der Waals surface area contributed by atoms with Crippen molar-refractivity contribution in [1.29, 1.82) is 0 Å². The van der Waals surface area contributed by atoms with E-state index in [-0.39, 0.29) is 0 Å². The number of fused-ring (bicyclic) bond motifs is 18. The number of benzene rings is 12. The fourth-order valence-electron chi connectivity index (χ4n) is 12.3. The number of hydrogen-bond donors (Lipinski definition) is 0. The van der Waals surface area contributed by atoms with Crippen LogP contribution in [0.2, 0.25) is 0 Å². The van der Waals surface area contributed by atoms with Crippen molar-refractivity contribution in [3.63, 3.8) is 0 Å². The SMILES string of the molecule is c1ccc(N(c2ccc3c(c2)C2(c4ccccc4-3)c3cc(N(c4ccccc4)c4cc5ccccc5c5ccccc45)ccc3-c3oc4ccccc4c32)c2cc3ccccc3c3ccccc23)cc1. The molecule has 0 saturated carbocycles. The van der Waals surface area contributed by atoms with E-state index in [1.165, 1.54) is 76.5 Å². The molecule has 12 aromatic carbocycles. The second-order valence-electron chi connectivity index (χ2n) is 18.7. The summed E-state index contributed by atoms with van der Waals surface area (Å²) < 4.78 is 7.11. The van der Waals surface area contributed by atoms with Crippen molar-refractivity contribution in [2.24, 2.45) is 0 Å². The van der Waals surface area contributed by atoms with E-state index >= 15 is 0 Å². The molecule has 0 radical (unpaired) electrons. The summed E-state index contributed by atoms with van der Waals surface area (Å²) in [5.41, 5.74) is 15.3. The Bertz CT molecular complexity index is 4270. The zero-order chi connectivity index (χ0) is 45.9. The van der Waals surface area contributed by atoms with Gasteiger partial charge in [0.1, 0.15) is 11.3 Å². The Kier molecular flexibility index (Phi) is 8.28. The van der Waals surface area contributed by atoms with Crippen LogP contribution in [0, 0.1) is 0 Å². The molecular weight excluding hydrogens is 849 g/mol. The first-order valence-electron chi connectivity index (χ1n) is 24.2. The molecule has 15 rings (SSSR count). The lowest BCUT2D eigenvalue weighted by Gasteiger charge is -2.33. The maximum atomic E-state index is 7.11. The summed E-state index contributed by atoms with van der Waals surface area (Å²) in [4.78, 5) is 4.93. The molecule has 1 spiro atoms. The van der Waals surface area contributed by atoms with E-state index in [0.29, 0.717) is 0 Å². The minimum atomic E-state index is -0.725. The first kappa shape index (κ1) is 38.9. The third-order valence-corrected chi connectivity index (χ3v) is 15.2. The lowest BCUT2D eigenvalue weighted by atomic mass is 9.70. The summed E-state index contributed by atoms with van der Waals surface area (Å²) in [6.07, 6.45) is 0. The Balaban J connectivity index is 1.03. The number of anilines is 6.